The lowest BCUT2D eigenvalue weighted by molar-refractivity contribution is -0.123. The van der Waals surface area contributed by atoms with Gasteiger partial charge in [0.25, 0.3) is 5.91 Å². The van der Waals surface area contributed by atoms with Gasteiger partial charge in [-0.3, -0.25) is 14.7 Å². The Kier molecular flexibility index (Phi) is 3.08. The molecule has 17 heavy (non-hydrogen) atoms. The molecule has 0 unspecified atom stereocenters. The summed E-state index contributed by atoms with van der Waals surface area (Å²) < 4.78 is 0. The van der Waals surface area contributed by atoms with Gasteiger partial charge in [-0.2, -0.15) is 0 Å². The highest BCUT2D eigenvalue weighted by molar-refractivity contribution is 5.94. The highest BCUT2D eigenvalue weighted by Crippen LogP contribution is 2.09. The Morgan fingerprint density at radius 2 is 2.24 bits per heavy atom. The molecular weight excluding hydrogens is 222 g/mol. The first kappa shape index (κ1) is 11.6. The minimum absolute atomic E-state index is 0.0738. The Labute approximate surface area is 98.6 Å². The van der Waals surface area contributed by atoms with Crippen molar-refractivity contribution in [1.82, 2.24) is 25.4 Å². The molecule has 2 rings (SSSR count). The van der Waals surface area contributed by atoms with Crippen molar-refractivity contribution in [3.05, 3.63) is 11.6 Å². The summed E-state index contributed by atoms with van der Waals surface area (Å²) in [6, 6.07) is 0. The first-order chi connectivity index (χ1) is 8.08. The Morgan fingerprint density at radius 3 is 2.82 bits per heavy atom. The molecule has 0 atom stereocenters. The van der Waals surface area contributed by atoms with Gasteiger partial charge in [0.1, 0.15) is 12.4 Å². The number of hydrogen-bond donors (Lipinski definition) is 2. The van der Waals surface area contributed by atoms with Crippen LogP contribution in [0.1, 0.15) is 36.2 Å². The van der Waals surface area contributed by atoms with Gasteiger partial charge >= 0.3 is 0 Å². The minimum Gasteiger partial charge on any atom is -0.353 e. The van der Waals surface area contributed by atoms with Crippen molar-refractivity contribution in [1.29, 1.82) is 0 Å². The van der Waals surface area contributed by atoms with Crippen LogP contribution in [0.4, 0.5) is 0 Å². The van der Waals surface area contributed by atoms with Crippen LogP contribution in [0.15, 0.2) is 0 Å². The standard InChI is InChI=1S/C10H15N5O2/c1-6(2)8-12-9(14-13-8)10(17)15-4-3-11-7(16)5-15/h6H,3-5H2,1-2H3,(H,11,16)(H,12,13,14). The van der Waals surface area contributed by atoms with Gasteiger partial charge in [-0.15, -0.1) is 5.10 Å². The summed E-state index contributed by atoms with van der Waals surface area (Å²) in [6.07, 6.45) is 0. The second kappa shape index (κ2) is 4.52. The number of carbonyl (C=O) groups excluding carboxylic acids is 2. The van der Waals surface area contributed by atoms with Crippen molar-refractivity contribution in [2.75, 3.05) is 19.6 Å². The van der Waals surface area contributed by atoms with E-state index < -0.39 is 0 Å². The fraction of sp³-hybridized carbons (Fsp3) is 0.600. The average Bonchev–Trinajstić information content (AvgIpc) is 2.77. The third-order valence-corrected chi connectivity index (χ3v) is 2.57. The molecule has 1 aliphatic heterocycles. The van der Waals surface area contributed by atoms with Crippen molar-refractivity contribution >= 4 is 11.8 Å². The predicted octanol–water partition coefficient (Wildman–Crippen LogP) is -0.500. The molecular formula is C10H15N5O2. The first-order valence-electron chi connectivity index (χ1n) is 5.56. The zero-order valence-corrected chi connectivity index (χ0v) is 9.86. The first-order valence-corrected chi connectivity index (χ1v) is 5.56. The fourth-order valence-electron chi connectivity index (χ4n) is 1.58. The molecule has 0 saturated carbocycles. The lowest BCUT2D eigenvalue weighted by Crippen LogP contribution is -2.50. The van der Waals surface area contributed by atoms with Crippen molar-refractivity contribution < 1.29 is 9.59 Å². The normalized spacial score (nSPS) is 16.2. The highest BCUT2D eigenvalue weighted by atomic mass is 16.2. The van der Waals surface area contributed by atoms with E-state index in [0.29, 0.717) is 18.9 Å². The summed E-state index contributed by atoms with van der Waals surface area (Å²) in [5.41, 5.74) is 0. The molecule has 1 saturated heterocycles. The monoisotopic (exact) mass is 237 g/mol. The average molecular weight is 237 g/mol. The summed E-state index contributed by atoms with van der Waals surface area (Å²) in [5, 5.41) is 9.27. The number of piperazine rings is 1. The van der Waals surface area contributed by atoms with E-state index in [1.807, 2.05) is 13.8 Å². The summed E-state index contributed by atoms with van der Waals surface area (Å²) in [4.78, 5) is 28.7. The highest BCUT2D eigenvalue weighted by Gasteiger charge is 2.25. The molecule has 2 amide bonds. The molecule has 1 aliphatic rings. The van der Waals surface area contributed by atoms with Gasteiger partial charge in [-0.05, 0) is 0 Å². The quantitative estimate of drug-likeness (QED) is 0.725. The van der Waals surface area contributed by atoms with Crippen LogP contribution in [0.3, 0.4) is 0 Å². The van der Waals surface area contributed by atoms with Crippen molar-refractivity contribution in [2.45, 2.75) is 19.8 Å². The van der Waals surface area contributed by atoms with Gasteiger partial charge in [0.15, 0.2) is 0 Å². The molecule has 92 valence electrons. The van der Waals surface area contributed by atoms with Crippen LogP contribution < -0.4 is 5.32 Å². The Morgan fingerprint density at radius 1 is 1.47 bits per heavy atom. The second-order valence-corrected chi connectivity index (χ2v) is 4.28. The summed E-state index contributed by atoms with van der Waals surface area (Å²) in [7, 11) is 0. The third kappa shape index (κ3) is 2.43. The van der Waals surface area contributed by atoms with Crippen LogP contribution in [-0.4, -0.2) is 51.5 Å². The molecule has 0 spiro atoms. The van der Waals surface area contributed by atoms with Crippen LogP contribution in [0.5, 0.6) is 0 Å². The SMILES string of the molecule is CC(C)c1nc(C(=O)N2CCNC(=O)C2)n[nH]1. The zero-order valence-electron chi connectivity index (χ0n) is 9.86. The maximum absolute atomic E-state index is 12.0. The summed E-state index contributed by atoms with van der Waals surface area (Å²) in [6.45, 7) is 4.97. The number of nitrogens with zero attached hydrogens (tertiary/aromatic N) is 3. The maximum Gasteiger partial charge on any atom is 0.294 e. The van der Waals surface area contributed by atoms with E-state index in [0.717, 1.165) is 0 Å². The van der Waals surface area contributed by atoms with Gasteiger partial charge < -0.3 is 10.2 Å². The molecule has 2 heterocycles. The van der Waals surface area contributed by atoms with E-state index in [9.17, 15) is 9.59 Å². The van der Waals surface area contributed by atoms with Crippen molar-refractivity contribution in [3.8, 4) is 0 Å². The lowest BCUT2D eigenvalue weighted by atomic mass is 10.2. The number of H-pyrrole nitrogens is 1. The van der Waals surface area contributed by atoms with Crippen LogP contribution in [-0.2, 0) is 4.79 Å². The number of rotatable bonds is 2. The molecule has 1 fully saturated rings. The van der Waals surface area contributed by atoms with E-state index in [2.05, 4.69) is 20.5 Å². The number of aromatic amines is 1. The summed E-state index contributed by atoms with van der Waals surface area (Å²) in [5.74, 6) is 0.541. The van der Waals surface area contributed by atoms with Gasteiger partial charge in [-0.25, -0.2) is 4.98 Å². The van der Waals surface area contributed by atoms with Gasteiger partial charge in [0.05, 0.1) is 0 Å². The number of hydrogen-bond acceptors (Lipinski definition) is 4. The Hall–Kier alpha value is -1.92. The molecule has 1 aromatic heterocycles. The van der Waals surface area contributed by atoms with Crippen LogP contribution in [0.2, 0.25) is 0 Å². The number of amides is 2. The van der Waals surface area contributed by atoms with E-state index in [4.69, 9.17) is 0 Å². The van der Waals surface area contributed by atoms with Crippen LogP contribution in [0.25, 0.3) is 0 Å². The Balaban J connectivity index is 2.10. The molecule has 2 N–H and O–H groups in total. The van der Waals surface area contributed by atoms with Crippen LogP contribution in [0, 0.1) is 0 Å². The predicted molar refractivity (Wildman–Crippen MR) is 59.4 cm³/mol. The minimum atomic E-state index is -0.303. The van der Waals surface area contributed by atoms with E-state index in [1.165, 1.54) is 4.90 Å². The molecule has 7 nitrogen and oxygen atoms in total. The third-order valence-electron chi connectivity index (χ3n) is 2.57. The van der Waals surface area contributed by atoms with Crippen molar-refractivity contribution in [2.24, 2.45) is 0 Å². The molecule has 1 aromatic rings. The fourth-order valence-corrected chi connectivity index (χ4v) is 1.58. The van der Waals surface area contributed by atoms with Crippen molar-refractivity contribution in [3.63, 3.8) is 0 Å². The van der Waals surface area contributed by atoms with Gasteiger partial charge in [0, 0.05) is 19.0 Å². The molecule has 7 heteroatoms. The Bertz CT molecular complexity index is 440. The number of carbonyl (C=O) groups is 2. The molecule has 0 aromatic carbocycles. The van der Waals surface area contributed by atoms with E-state index in [-0.39, 0.29) is 30.1 Å². The lowest BCUT2D eigenvalue weighted by Gasteiger charge is -2.25. The molecule has 0 bridgehead atoms. The maximum atomic E-state index is 12.0. The molecule has 0 radical (unpaired) electrons. The topological polar surface area (TPSA) is 91.0 Å². The van der Waals surface area contributed by atoms with E-state index >= 15 is 0 Å². The molecule has 0 aliphatic carbocycles. The largest absolute Gasteiger partial charge is 0.353 e. The second-order valence-electron chi connectivity index (χ2n) is 4.28. The number of aromatic nitrogens is 3. The van der Waals surface area contributed by atoms with Gasteiger partial charge in [-0.1, -0.05) is 13.8 Å². The smallest absolute Gasteiger partial charge is 0.294 e. The number of nitrogens with one attached hydrogen (secondary N) is 2. The van der Waals surface area contributed by atoms with Gasteiger partial charge in [0.2, 0.25) is 11.7 Å². The van der Waals surface area contributed by atoms with E-state index in [1.54, 1.807) is 0 Å². The van der Waals surface area contributed by atoms with Crippen LogP contribution >= 0.6 is 0 Å². The zero-order chi connectivity index (χ0) is 12.4. The summed E-state index contributed by atoms with van der Waals surface area (Å²) >= 11 is 0.